The zero-order chi connectivity index (χ0) is 15.4. The van der Waals surface area contributed by atoms with Crippen LogP contribution in [-0.4, -0.2) is 23.1 Å². The number of nitrogens with zero attached hydrogens (tertiary/aromatic N) is 3. The molecule has 1 aliphatic heterocycles. The van der Waals surface area contributed by atoms with Gasteiger partial charge in [-0.25, -0.2) is 4.98 Å². The second kappa shape index (κ2) is 6.77. The van der Waals surface area contributed by atoms with Gasteiger partial charge in [-0.15, -0.1) is 0 Å². The van der Waals surface area contributed by atoms with Gasteiger partial charge in [0.2, 0.25) is 5.95 Å². The standard InChI is InChI=1S/C18H24N4/c1-14-7-6-10-22(13-14)18-20-15(2)11-17(21-18)19-12-16-8-4-3-5-9-16/h3-5,8-9,11,14H,6-7,10,12-13H2,1-2H3,(H,19,20,21). The van der Waals surface area contributed by atoms with E-state index in [1.165, 1.54) is 18.4 Å². The molecule has 1 aliphatic rings. The average molecular weight is 296 g/mol. The van der Waals surface area contributed by atoms with Crippen LogP contribution in [0.25, 0.3) is 0 Å². The Morgan fingerprint density at radius 3 is 2.82 bits per heavy atom. The fourth-order valence-electron chi connectivity index (χ4n) is 2.94. The second-order valence-corrected chi connectivity index (χ2v) is 6.23. The van der Waals surface area contributed by atoms with Gasteiger partial charge < -0.3 is 10.2 Å². The van der Waals surface area contributed by atoms with E-state index in [0.29, 0.717) is 0 Å². The lowest BCUT2D eigenvalue weighted by Crippen LogP contribution is -2.35. The molecule has 1 fully saturated rings. The summed E-state index contributed by atoms with van der Waals surface area (Å²) in [6.07, 6.45) is 2.53. The molecule has 4 heteroatoms. The third-order valence-electron chi connectivity index (χ3n) is 4.10. The van der Waals surface area contributed by atoms with Crippen molar-refractivity contribution in [3.8, 4) is 0 Å². The zero-order valence-corrected chi connectivity index (χ0v) is 13.4. The predicted molar refractivity (Wildman–Crippen MR) is 91.1 cm³/mol. The SMILES string of the molecule is Cc1cc(NCc2ccccc2)nc(N2CCCC(C)C2)n1. The Labute approximate surface area is 132 Å². The minimum absolute atomic E-state index is 0.721. The zero-order valence-electron chi connectivity index (χ0n) is 13.4. The third kappa shape index (κ3) is 3.75. The lowest BCUT2D eigenvalue weighted by atomic mass is 10.0. The maximum Gasteiger partial charge on any atom is 0.227 e. The number of benzene rings is 1. The lowest BCUT2D eigenvalue weighted by molar-refractivity contribution is 0.442. The fourth-order valence-corrected chi connectivity index (χ4v) is 2.94. The van der Waals surface area contributed by atoms with Crippen molar-refractivity contribution in [1.82, 2.24) is 9.97 Å². The summed E-state index contributed by atoms with van der Waals surface area (Å²) >= 11 is 0. The van der Waals surface area contributed by atoms with Crippen molar-refractivity contribution in [2.24, 2.45) is 5.92 Å². The molecule has 0 bridgehead atoms. The van der Waals surface area contributed by atoms with Crippen LogP contribution in [0.4, 0.5) is 11.8 Å². The van der Waals surface area contributed by atoms with E-state index < -0.39 is 0 Å². The molecule has 1 atom stereocenters. The molecule has 2 aromatic rings. The van der Waals surface area contributed by atoms with Gasteiger partial charge in [0, 0.05) is 31.4 Å². The molecular weight excluding hydrogens is 272 g/mol. The van der Waals surface area contributed by atoms with E-state index in [1.54, 1.807) is 0 Å². The molecule has 116 valence electrons. The van der Waals surface area contributed by atoms with Crippen LogP contribution < -0.4 is 10.2 Å². The van der Waals surface area contributed by atoms with Gasteiger partial charge >= 0.3 is 0 Å². The number of hydrogen-bond acceptors (Lipinski definition) is 4. The first kappa shape index (κ1) is 14.8. The molecule has 0 radical (unpaired) electrons. The third-order valence-corrected chi connectivity index (χ3v) is 4.10. The Bertz CT molecular complexity index is 612. The normalized spacial score (nSPS) is 18.3. The van der Waals surface area contributed by atoms with Crippen molar-refractivity contribution in [1.29, 1.82) is 0 Å². The molecule has 1 saturated heterocycles. The number of hydrogen-bond donors (Lipinski definition) is 1. The fraction of sp³-hybridized carbons (Fsp3) is 0.444. The monoisotopic (exact) mass is 296 g/mol. The lowest BCUT2D eigenvalue weighted by Gasteiger charge is -2.31. The van der Waals surface area contributed by atoms with Gasteiger partial charge in [0.1, 0.15) is 5.82 Å². The number of aryl methyl sites for hydroxylation is 1. The quantitative estimate of drug-likeness (QED) is 0.935. The molecule has 0 saturated carbocycles. The first-order valence-corrected chi connectivity index (χ1v) is 8.09. The number of rotatable bonds is 4. The number of anilines is 2. The van der Waals surface area contributed by atoms with Gasteiger partial charge in [-0.05, 0) is 31.2 Å². The van der Waals surface area contributed by atoms with E-state index in [0.717, 1.165) is 43.0 Å². The first-order chi connectivity index (χ1) is 10.7. The van der Waals surface area contributed by atoms with Gasteiger partial charge in [-0.3, -0.25) is 0 Å². The summed E-state index contributed by atoms with van der Waals surface area (Å²) in [5.74, 6) is 2.49. The van der Waals surface area contributed by atoms with Crippen molar-refractivity contribution in [2.75, 3.05) is 23.3 Å². The van der Waals surface area contributed by atoms with Crippen LogP contribution in [0.1, 0.15) is 31.0 Å². The topological polar surface area (TPSA) is 41.1 Å². The number of piperidine rings is 1. The second-order valence-electron chi connectivity index (χ2n) is 6.23. The number of aromatic nitrogens is 2. The molecule has 1 unspecified atom stereocenters. The largest absolute Gasteiger partial charge is 0.366 e. The highest BCUT2D eigenvalue weighted by atomic mass is 15.3. The van der Waals surface area contributed by atoms with E-state index in [9.17, 15) is 0 Å². The van der Waals surface area contributed by atoms with Crippen LogP contribution in [0.15, 0.2) is 36.4 Å². The molecule has 2 heterocycles. The Hall–Kier alpha value is -2.10. The molecule has 1 aromatic heterocycles. The van der Waals surface area contributed by atoms with Crippen molar-refractivity contribution < 1.29 is 0 Å². The first-order valence-electron chi connectivity index (χ1n) is 8.09. The molecular formula is C18H24N4. The van der Waals surface area contributed by atoms with Crippen LogP contribution in [0, 0.1) is 12.8 Å². The molecule has 0 spiro atoms. The summed E-state index contributed by atoms with van der Waals surface area (Å²) in [7, 11) is 0. The van der Waals surface area contributed by atoms with Gasteiger partial charge in [0.15, 0.2) is 0 Å². The van der Waals surface area contributed by atoms with Crippen LogP contribution in [-0.2, 0) is 6.54 Å². The van der Waals surface area contributed by atoms with Gasteiger partial charge in [-0.1, -0.05) is 37.3 Å². The summed E-state index contributed by atoms with van der Waals surface area (Å²) in [6, 6.07) is 12.4. The molecule has 1 N–H and O–H groups in total. The summed E-state index contributed by atoms with van der Waals surface area (Å²) in [6.45, 7) is 7.24. The van der Waals surface area contributed by atoms with E-state index in [4.69, 9.17) is 4.98 Å². The Morgan fingerprint density at radius 1 is 1.23 bits per heavy atom. The summed E-state index contributed by atoms with van der Waals surface area (Å²) in [5.41, 5.74) is 2.27. The summed E-state index contributed by atoms with van der Waals surface area (Å²) < 4.78 is 0. The highest BCUT2D eigenvalue weighted by Gasteiger charge is 2.19. The van der Waals surface area contributed by atoms with E-state index in [1.807, 2.05) is 19.1 Å². The smallest absolute Gasteiger partial charge is 0.227 e. The van der Waals surface area contributed by atoms with E-state index >= 15 is 0 Å². The molecule has 3 rings (SSSR count). The maximum absolute atomic E-state index is 4.71. The predicted octanol–water partition coefficient (Wildman–Crippen LogP) is 3.63. The minimum atomic E-state index is 0.721. The molecule has 0 amide bonds. The Morgan fingerprint density at radius 2 is 2.05 bits per heavy atom. The Kier molecular flexibility index (Phi) is 4.56. The average Bonchev–Trinajstić information content (AvgIpc) is 2.53. The van der Waals surface area contributed by atoms with Crippen LogP contribution in [0.2, 0.25) is 0 Å². The van der Waals surface area contributed by atoms with Gasteiger partial charge in [0.05, 0.1) is 0 Å². The molecule has 4 nitrogen and oxygen atoms in total. The van der Waals surface area contributed by atoms with Crippen LogP contribution in [0.3, 0.4) is 0 Å². The van der Waals surface area contributed by atoms with Crippen LogP contribution in [0.5, 0.6) is 0 Å². The van der Waals surface area contributed by atoms with Crippen molar-refractivity contribution in [3.63, 3.8) is 0 Å². The Balaban J connectivity index is 1.72. The summed E-state index contributed by atoms with van der Waals surface area (Å²) in [4.78, 5) is 11.6. The highest BCUT2D eigenvalue weighted by Crippen LogP contribution is 2.21. The van der Waals surface area contributed by atoms with E-state index in [-0.39, 0.29) is 0 Å². The summed E-state index contributed by atoms with van der Waals surface area (Å²) in [5, 5.41) is 3.41. The van der Waals surface area contributed by atoms with Crippen molar-refractivity contribution in [2.45, 2.75) is 33.2 Å². The molecule has 22 heavy (non-hydrogen) atoms. The van der Waals surface area contributed by atoms with Gasteiger partial charge in [0.25, 0.3) is 0 Å². The molecule has 0 aliphatic carbocycles. The van der Waals surface area contributed by atoms with Crippen LogP contribution >= 0.6 is 0 Å². The maximum atomic E-state index is 4.71. The number of nitrogens with one attached hydrogen (secondary N) is 1. The highest BCUT2D eigenvalue weighted by molar-refractivity contribution is 5.44. The van der Waals surface area contributed by atoms with E-state index in [2.05, 4.69) is 46.4 Å². The minimum Gasteiger partial charge on any atom is -0.366 e. The van der Waals surface area contributed by atoms with Crippen molar-refractivity contribution >= 4 is 11.8 Å². The van der Waals surface area contributed by atoms with Crippen molar-refractivity contribution in [3.05, 3.63) is 47.7 Å². The molecule has 1 aromatic carbocycles. The van der Waals surface area contributed by atoms with Gasteiger partial charge in [-0.2, -0.15) is 4.98 Å².